The van der Waals surface area contributed by atoms with Gasteiger partial charge in [-0.25, -0.2) is 0 Å². The first-order valence-electron chi connectivity index (χ1n) is 8.15. The van der Waals surface area contributed by atoms with Crippen molar-refractivity contribution < 1.29 is 4.79 Å². The molecule has 0 aromatic heterocycles. The summed E-state index contributed by atoms with van der Waals surface area (Å²) in [5.74, 6) is 0. The van der Waals surface area contributed by atoms with Crippen LogP contribution in [0, 0.1) is 0 Å². The van der Waals surface area contributed by atoms with Gasteiger partial charge in [0.25, 0.3) is 0 Å². The summed E-state index contributed by atoms with van der Waals surface area (Å²) in [5, 5.41) is 0. The molecule has 0 heterocycles. The van der Waals surface area contributed by atoms with Crippen LogP contribution >= 0.6 is 0 Å². The zero-order chi connectivity index (χ0) is 14.0. The van der Waals surface area contributed by atoms with Gasteiger partial charge < -0.3 is 4.79 Å². The Morgan fingerprint density at radius 3 is 1.74 bits per heavy atom. The highest BCUT2D eigenvalue weighted by atomic mass is 16.1. The van der Waals surface area contributed by atoms with Gasteiger partial charge in [0.15, 0.2) is 0 Å². The number of carbonyl (C=O) groups excluding carboxylic acids is 1. The highest BCUT2D eigenvalue weighted by Crippen LogP contribution is 2.09. The lowest BCUT2D eigenvalue weighted by molar-refractivity contribution is -0.107. The molecule has 110 valence electrons. The molecule has 0 atom stereocenters. The van der Waals surface area contributed by atoms with Crippen molar-refractivity contribution in [2.24, 2.45) is 0 Å². The van der Waals surface area contributed by atoms with Crippen molar-refractivity contribution >= 4 is 6.29 Å². The zero-order valence-electron chi connectivity index (χ0n) is 12.8. The molecule has 0 rings (SSSR count). The van der Waals surface area contributed by atoms with E-state index in [9.17, 15) is 4.79 Å². The van der Waals surface area contributed by atoms with Crippen LogP contribution in [0.3, 0.4) is 0 Å². The zero-order valence-corrected chi connectivity index (χ0v) is 12.8. The molecule has 0 bridgehead atoms. The average molecular weight is 264 g/mol. The summed E-state index contributed by atoms with van der Waals surface area (Å²) < 4.78 is 0. The minimum Gasteiger partial charge on any atom is -0.303 e. The van der Waals surface area contributed by atoms with Gasteiger partial charge in [0.2, 0.25) is 0 Å². The second kappa shape index (κ2) is 17.2. The fourth-order valence-corrected chi connectivity index (χ4v) is 2.05. The molecule has 0 aromatic rings. The van der Waals surface area contributed by atoms with E-state index in [-0.39, 0.29) is 0 Å². The molecule has 0 aliphatic carbocycles. The third-order valence-electron chi connectivity index (χ3n) is 3.25. The molecule has 0 fully saturated rings. The van der Waals surface area contributed by atoms with E-state index in [1.807, 2.05) is 0 Å². The molecule has 0 aliphatic heterocycles. The van der Waals surface area contributed by atoms with Gasteiger partial charge in [0.05, 0.1) is 0 Å². The summed E-state index contributed by atoms with van der Waals surface area (Å²) in [5.41, 5.74) is 0. The Morgan fingerprint density at radius 1 is 0.632 bits per heavy atom. The Bertz CT molecular complexity index is 228. The molecular weight excluding hydrogens is 232 g/mol. The van der Waals surface area contributed by atoms with Gasteiger partial charge in [-0.3, -0.25) is 0 Å². The highest BCUT2D eigenvalue weighted by molar-refractivity contribution is 5.48. The first-order chi connectivity index (χ1) is 9.41. The van der Waals surface area contributed by atoms with Gasteiger partial charge in [-0.2, -0.15) is 0 Å². The van der Waals surface area contributed by atoms with E-state index in [2.05, 4.69) is 31.2 Å². The maximum Gasteiger partial charge on any atom is 0.119 e. The van der Waals surface area contributed by atoms with Gasteiger partial charge in [-0.1, -0.05) is 69.8 Å². The quantitative estimate of drug-likeness (QED) is 0.214. The number of carbonyl (C=O) groups is 1. The lowest BCUT2D eigenvalue weighted by atomic mass is 10.1. The molecule has 0 spiro atoms. The first kappa shape index (κ1) is 18.1. The molecule has 0 aromatic carbocycles. The van der Waals surface area contributed by atoms with E-state index in [1.54, 1.807) is 0 Å². The highest BCUT2D eigenvalue weighted by Gasteiger charge is 1.91. The summed E-state index contributed by atoms with van der Waals surface area (Å²) in [4.78, 5) is 10.1. The van der Waals surface area contributed by atoms with E-state index >= 15 is 0 Å². The van der Waals surface area contributed by atoms with Crippen molar-refractivity contribution in [2.45, 2.75) is 84.0 Å². The molecule has 0 unspecified atom stereocenters. The van der Waals surface area contributed by atoms with Crippen LogP contribution in [0.5, 0.6) is 0 Å². The predicted octanol–water partition coefficient (Wildman–Crippen LogP) is 6.00. The predicted molar refractivity (Wildman–Crippen MR) is 85.4 cm³/mol. The van der Waals surface area contributed by atoms with Gasteiger partial charge in [0.1, 0.15) is 6.29 Å². The molecule has 1 heteroatoms. The van der Waals surface area contributed by atoms with Crippen LogP contribution in [0.25, 0.3) is 0 Å². The topological polar surface area (TPSA) is 17.1 Å². The Hall–Kier alpha value is -0.850. The fraction of sp³-hybridized carbons (Fsp3) is 0.722. The third kappa shape index (κ3) is 17.1. The van der Waals surface area contributed by atoms with E-state index in [0.717, 1.165) is 25.5 Å². The second-order valence-electron chi connectivity index (χ2n) is 5.19. The molecule has 0 saturated heterocycles. The maximum absolute atomic E-state index is 10.1. The largest absolute Gasteiger partial charge is 0.303 e. The van der Waals surface area contributed by atoms with Gasteiger partial charge in [0, 0.05) is 6.42 Å². The molecule has 0 radical (unpaired) electrons. The van der Waals surface area contributed by atoms with Crippen molar-refractivity contribution in [2.75, 3.05) is 0 Å². The van der Waals surface area contributed by atoms with Crippen LogP contribution in [-0.2, 0) is 4.79 Å². The summed E-state index contributed by atoms with van der Waals surface area (Å²) in [6, 6.07) is 0. The van der Waals surface area contributed by atoms with Crippen LogP contribution in [0.4, 0.5) is 0 Å². The van der Waals surface area contributed by atoms with Gasteiger partial charge >= 0.3 is 0 Å². The summed E-state index contributed by atoms with van der Waals surface area (Å²) in [6.07, 6.45) is 24.7. The molecule has 0 amide bonds. The summed E-state index contributed by atoms with van der Waals surface area (Å²) in [7, 11) is 0. The van der Waals surface area contributed by atoms with Crippen LogP contribution in [-0.4, -0.2) is 6.29 Å². The average Bonchev–Trinajstić information content (AvgIpc) is 2.43. The minimum atomic E-state index is 0.748. The number of rotatable bonds is 14. The van der Waals surface area contributed by atoms with Crippen molar-refractivity contribution in [1.82, 2.24) is 0 Å². The number of hydrogen-bond donors (Lipinski definition) is 0. The Labute approximate surface area is 120 Å². The van der Waals surface area contributed by atoms with Crippen LogP contribution in [0.15, 0.2) is 24.3 Å². The van der Waals surface area contributed by atoms with Crippen LogP contribution in [0.2, 0.25) is 0 Å². The van der Waals surface area contributed by atoms with Crippen molar-refractivity contribution in [1.29, 1.82) is 0 Å². The maximum atomic E-state index is 10.1. The fourth-order valence-electron chi connectivity index (χ4n) is 2.05. The van der Waals surface area contributed by atoms with Crippen LogP contribution < -0.4 is 0 Å². The van der Waals surface area contributed by atoms with Crippen molar-refractivity contribution in [3.8, 4) is 0 Å². The van der Waals surface area contributed by atoms with Gasteiger partial charge in [-0.15, -0.1) is 0 Å². The Morgan fingerprint density at radius 2 is 1.16 bits per heavy atom. The van der Waals surface area contributed by atoms with E-state index in [1.165, 1.54) is 57.8 Å². The number of unbranched alkanes of at least 4 members (excludes halogenated alkanes) is 9. The summed E-state index contributed by atoms with van der Waals surface area (Å²) >= 11 is 0. The number of allylic oxidation sites excluding steroid dienone is 4. The SMILES string of the molecule is CCCC=CCC=CCCCCCCCCCC=O. The second-order valence-corrected chi connectivity index (χ2v) is 5.19. The van der Waals surface area contributed by atoms with E-state index < -0.39 is 0 Å². The standard InChI is InChI=1S/C18H32O/c1-2-3-4-5-6-7-8-9-10-11-12-13-14-15-16-17-18-19/h4-5,7-8,18H,2-3,6,9-17H2,1H3. The molecule has 1 nitrogen and oxygen atoms in total. The van der Waals surface area contributed by atoms with Crippen molar-refractivity contribution in [3.05, 3.63) is 24.3 Å². The van der Waals surface area contributed by atoms with Crippen molar-refractivity contribution in [3.63, 3.8) is 0 Å². The smallest absolute Gasteiger partial charge is 0.119 e. The summed E-state index contributed by atoms with van der Waals surface area (Å²) in [6.45, 7) is 2.21. The lowest BCUT2D eigenvalue weighted by Crippen LogP contribution is -1.81. The molecule has 0 saturated carbocycles. The molecular formula is C18H32O. The first-order valence-corrected chi connectivity index (χ1v) is 8.15. The lowest BCUT2D eigenvalue weighted by Gasteiger charge is -1.99. The van der Waals surface area contributed by atoms with Crippen LogP contribution in [0.1, 0.15) is 84.0 Å². The minimum absolute atomic E-state index is 0.748. The van der Waals surface area contributed by atoms with Gasteiger partial charge in [-0.05, 0) is 32.1 Å². The normalized spacial score (nSPS) is 11.6. The Kier molecular flexibility index (Phi) is 16.4. The number of aldehydes is 1. The molecule has 0 aliphatic rings. The van der Waals surface area contributed by atoms with E-state index in [4.69, 9.17) is 0 Å². The Balaban J connectivity index is 3.09. The molecule has 19 heavy (non-hydrogen) atoms. The van der Waals surface area contributed by atoms with E-state index in [0.29, 0.717) is 0 Å². The third-order valence-corrected chi connectivity index (χ3v) is 3.25. The number of hydrogen-bond acceptors (Lipinski definition) is 1. The molecule has 0 N–H and O–H groups in total. The monoisotopic (exact) mass is 264 g/mol.